The Balaban J connectivity index is 1.31. The van der Waals surface area contributed by atoms with E-state index < -0.39 is 18.5 Å². The highest BCUT2D eigenvalue weighted by molar-refractivity contribution is 6.07. The summed E-state index contributed by atoms with van der Waals surface area (Å²) in [5.41, 5.74) is 5.28. The molecule has 0 aliphatic rings. The number of rotatable bonds is 9. The second-order valence-corrected chi connectivity index (χ2v) is 9.66. The number of benzene rings is 4. The van der Waals surface area contributed by atoms with Crippen LogP contribution in [0.1, 0.15) is 28.4 Å². The summed E-state index contributed by atoms with van der Waals surface area (Å²) in [5.74, 6) is -0.577. The minimum Gasteiger partial charge on any atom is -0.489 e. The summed E-state index contributed by atoms with van der Waals surface area (Å²) >= 11 is 0. The first-order valence-corrected chi connectivity index (χ1v) is 13.4. The van der Waals surface area contributed by atoms with E-state index in [4.69, 9.17) is 14.5 Å². The van der Waals surface area contributed by atoms with Crippen LogP contribution in [0.2, 0.25) is 0 Å². The zero-order valence-corrected chi connectivity index (χ0v) is 23.2. The molecule has 4 aromatic carbocycles. The fraction of sp³-hybridized carbons (Fsp3) is 0.118. The Morgan fingerprint density at radius 3 is 2.10 bits per heavy atom. The molecule has 210 valence electrons. The van der Waals surface area contributed by atoms with Crippen LogP contribution >= 0.6 is 0 Å². The maximum Gasteiger partial charge on any atom is 0.339 e. The summed E-state index contributed by atoms with van der Waals surface area (Å²) in [6.07, 6.45) is 0. The number of hydrogen-bond donors (Lipinski definition) is 2. The lowest BCUT2D eigenvalue weighted by Crippen LogP contribution is -2.21. The van der Waals surface area contributed by atoms with E-state index in [0.29, 0.717) is 45.7 Å². The number of hydrogen-bond acceptors (Lipinski definition) is 6. The standard InChI is InChI=1S/C34H29N3O5/c1-22-32(34(40)42-21-31(39)36-27-16-14-26(15-17-27)35-23(2)38)29-10-6-7-11-30(29)37-33(22)25-12-18-28(19-13-25)41-20-24-8-4-3-5-9-24/h3-19H,20-21H2,1-2H3,(H,35,38)(H,36,39). The lowest BCUT2D eigenvalue weighted by atomic mass is 9.97. The highest BCUT2D eigenvalue weighted by Gasteiger charge is 2.21. The van der Waals surface area contributed by atoms with E-state index in [2.05, 4.69) is 10.6 Å². The highest BCUT2D eigenvalue weighted by Crippen LogP contribution is 2.31. The third kappa shape index (κ3) is 6.79. The summed E-state index contributed by atoms with van der Waals surface area (Å²) in [5, 5.41) is 5.99. The quantitative estimate of drug-likeness (QED) is 0.199. The van der Waals surface area contributed by atoms with Gasteiger partial charge in [-0.05, 0) is 72.6 Å². The highest BCUT2D eigenvalue weighted by atomic mass is 16.5. The maximum absolute atomic E-state index is 13.4. The van der Waals surface area contributed by atoms with Crippen molar-refractivity contribution in [1.29, 1.82) is 0 Å². The molecule has 0 fully saturated rings. The molecule has 0 aliphatic carbocycles. The Bertz CT molecular complexity index is 1730. The number of aromatic nitrogens is 1. The summed E-state index contributed by atoms with van der Waals surface area (Å²) in [6, 6.07) is 31.5. The molecule has 8 nitrogen and oxygen atoms in total. The van der Waals surface area contributed by atoms with Gasteiger partial charge < -0.3 is 20.1 Å². The fourth-order valence-corrected chi connectivity index (χ4v) is 4.54. The predicted molar refractivity (Wildman–Crippen MR) is 162 cm³/mol. The molecule has 42 heavy (non-hydrogen) atoms. The first-order chi connectivity index (χ1) is 20.4. The van der Waals surface area contributed by atoms with Crippen molar-refractivity contribution < 1.29 is 23.9 Å². The van der Waals surface area contributed by atoms with Crippen LogP contribution < -0.4 is 15.4 Å². The van der Waals surface area contributed by atoms with E-state index in [1.165, 1.54) is 6.92 Å². The molecule has 5 aromatic rings. The number of nitrogens with zero attached hydrogens (tertiary/aromatic N) is 1. The zero-order valence-electron chi connectivity index (χ0n) is 23.2. The zero-order chi connectivity index (χ0) is 29.5. The van der Waals surface area contributed by atoms with Crippen molar-refractivity contribution in [2.45, 2.75) is 20.5 Å². The number of pyridine rings is 1. The molecule has 2 amide bonds. The monoisotopic (exact) mass is 559 g/mol. The Morgan fingerprint density at radius 2 is 1.40 bits per heavy atom. The molecule has 0 atom stereocenters. The fourth-order valence-electron chi connectivity index (χ4n) is 4.54. The lowest BCUT2D eigenvalue weighted by molar-refractivity contribution is -0.119. The Hall–Kier alpha value is -5.50. The van der Waals surface area contributed by atoms with Gasteiger partial charge in [0.2, 0.25) is 5.91 Å². The molecule has 0 saturated heterocycles. The van der Waals surface area contributed by atoms with Crippen molar-refractivity contribution in [1.82, 2.24) is 4.98 Å². The van der Waals surface area contributed by atoms with E-state index in [1.54, 1.807) is 24.3 Å². The number of para-hydroxylation sites is 1. The number of nitrogens with one attached hydrogen (secondary N) is 2. The summed E-state index contributed by atoms with van der Waals surface area (Å²) in [4.78, 5) is 41.9. The van der Waals surface area contributed by atoms with Gasteiger partial charge in [0.25, 0.3) is 5.91 Å². The molecule has 1 aromatic heterocycles. The van der Waals surface area contributed by atoms with E-state index in [-0.39, 0.29) is 5.91 Å². The van der Waals surface area contributed by atoms with Crippen LogP contribution in [0, 0.1) is 6.92 Å². The Labute approximate surface area is 243 Å². The second kappa shape index (κ2) is 12.8. The maximum atomic E-state index is 13.4. The third-order valence-corrected chi connectivity index (χ3v) is 6.54. The van der Waals surface area contributed by atoms with Crippen molar-refractivity contribution in [3.05, 3.63) is 120 Å². The first-order valence-electron chi connectivity index (χ1n) is 13.4. The van der Waals surface area contributed by atoms with E-state index >= 15 is 0 Å². The van der Waals surface area contributed by atoms with Gasteiger partial charge in [-0.3, -0.25) is 9.59 Å². The normalized spacial score (nSPS) is 10.6. The Morgan fingerprint density at radius 1 is 0.762 bits per heavy atom. The molecule has 0 saturated carbocycles. The topological polar surface area (TPSA) is 107 Å². The number of fused-ring (bicyclic) bond motifs is 1. The van der Waals surface area contributed by atoms with Gasteiger partial charge in [0.05, 0.1) is 16.8 Å². The van der Waals surface area contributed by atoms with Crippen LogP contribution in [0.4, 0.5) is 11.4 Å². The van der Waals surface area contributed by atoms with Gasteiger partial charge in [-0.2, -0.15) is 0 Å². The van der Waals surface area contributed by atoms with Crippen molar-refractivity contribution in [2.24, 2.45) is 0 Å². The molecule has 1 heterocycles. The third-order valence-electron chi connectivity index (χ3n) is 6.54. The largest absolute Gasteiger partial charge is 0.489 e. The first kappa shape index (κ1) is 28.0. The molecule has 0 unspecified atom stereocenters. The predicted octanol–water partition coefficient (Wildman–Crippen LogP) is 6.54. The van der Waals surface area contributed by atoms with Gasteiger partial charge >= 0.3 is 5.97 Å². The molecule has 5 rings (SSSR count). The number of esters is 1. The van der Waals surface area contributed by atoms with Gasteiger partial charge in [0, 0.05) is 29.2 Å². The minimum atomic E-state index is -0.619. The van der Waals surface area contributed by atoms with Crippen molar-refractivity contribution in [3.63, 3.8) is 0 Å². The molecule has 2 N–H and O–H groups in total. The van der Waals surface area contributed by atoms with E-state index in [1.807, 2.05) is 85.8 Å². The molecule has 0 aliphatic heterocycles. The molecular weight excluding hydrogens is 530 g/mol. The van der Waals surface area contributed by atoms with Crippen LogP contribution in [0.3, 0.4) is 0 Å². The average molecular weight is 560 g/mol. The SMILES string of the molecule is CC(=O)Nc1ccc(NC(=O)COC(=O)c2c(C)c(-c3ccc(OCc4ccccc4)cc3)nc3ccccc23)cc1. The van der Waals surface area contributed by atoms with Crippen LogP contribution in [-0.4, -0.2) is 29.4 Å². The number of carbonyl (C=O) groups is 3. The minimum absolute atomic E-state index is 0.189. The summed E-state index contributed by atoms with van der Waals surface area (Å²) in [6.45, 7) is 3.23. The summed E-state index contributed by atoms with van der Waals surface area (Å²) in [7, 11) is 0. The van der Waals surface area contributed by atoms with Gasteiger partial charge in [-0.1, -0.05) is 48.5 Å². The number of amides is 2. The van der Waals surface area contributed by atoms with Gasteiger partial charge in [-0.15, -0.1) is 0 Å². The van der Waals surface area contributed by atoms with E-state index in [0.717, 1.165) is 16.9 Å². The van der Waals surface area contributed by atoms with Crippen LogP contribution in [-0.2, 0) is 20.9 Å². The molecule has 0 spiro atoms. The van der Waals surface area contributed by atoms with Crippen LogP contribution in [0.5, 0.6) is 5.75 Å². The van der Waals surface area contributed by atoms with Gasteiger partial charge in [0.15, 0.2) is 6.61 Å². The van der Waals surface area contributed by atoms with E-state index in [9.17, 15) is 14.4 Å². The molecular formula is C34H29N3O5. The Kier molecular flexibility index (Phi) is 8.53. The second-order valence-electron chi connectivity index (χ2n) is 9.66. The van der Waals surface area contributed by atoms with Gasteiger partial charge in [0.1, 0.15) is 12.4 Å². The average Bonchev–Trinajstić information content (AvgIpc) is 3.00. The number of carbonyl (C=O) groups excluding carboxylic acids is 3. The van der Waals surface area contributed by atoms with Crippen molar-refractivity contribution in [3.8, 4) is 17.0 Å². The molecule has 0 bridgehead atoms. The van der Waals surface area contributed by atoms with Crippen molar-refractivity contribution >= 4 is 40.1 Å². The number of anilines is 2. The summed E-state index contributed by atoms with van der Waals surface area (Å²) < 4.78 is 11.4. The van der Waals surface area contributed by atoms with Crippen molar-refractivity contribution in [2.75, 3.05) is 17.2 Å². The molecule has 0 radical (unpaired) electrons. The van der Waals surface area contributed by atoms with Crippen LogP contribution in [0.25, 0.3) is 22.2 Å². The van der Waals surface area contributed by atoms with Gasteiger partial charge in [-0.25, -0.2) is 9.78 Å². The number of ether oxygens (including phenoxy) is 2. The smallest absolute Gasteiger partial charge is 0.339 e. The molecule has 8 heteroatoms. The lowest BCUT2D eigenvalue weighted by Gasteiger charge is -2.15. The van der Waals surface area contributed by atoms with Crippen LogP contribution in [0.15, 0.2) is 103 Å².